The van der Waals surface area contributed by atoms with Crippen LogP contribution in [0.1, 0.15) is 51.7 Å². The van der Waals surface area contributed by atoms with Gasteiger partial charge in [-0.15, -0.1) is 5.10 Å². The van der Waals surface area contributed by atoms with E-state index in [0.717, 1.165) is 34.7 Å². The van der Waals surface area contributed by atoms with Gasteiger partial charge in [-0.05, 0) is 71.1 Å². The number of fused-ring (bicyclic) bond motifs is 1. The molecule has 0 aliphatic heterocycles. The highest BCUT2D eigenvalue weighted by Crippen LogP contribution is 2.34. The first kappa shape index (κ1) is 26.6. The minimum absolute atomic E-state index is 0.219. The van der Waals surface area contributed by atoms with Crippen molar-refractivity contribution in [3.05, 3.63) is 59.7 Å². The summed E-state index contributed by atoms with van der Waals surface area (Å²) in [6, 6.07) is 15.5. The van der Waals surface area contributed by atoms with Gasteiger partial charge < -0.3 is 23.9 Å². The largest absolute Gasteiger partial charge is 0.493 e. The van der Waals surface area contributed by atoms with Crippen molar-refractivity contribution in [3.8, 4) is 23.2 Å². The number of nitrogens with zero attached hydrogens (tertiary/aromatic N) is 3. The maximum atomic E-state index is 12.1. The fourth-order valence-electron chi connectivity index (χ4n) is 4.16. The second kappa shape index (κ2) is 11.0. The van der Waals surface area contributed by atoms with Gasteiger partial charge >= 0.3 is 6.09 Å². The van der Waals surface area contributed by atoms with Crippen LogP contribution >= 0.6 is 0 Å². The van der Waals surface area contributed by atoms with Gasteiger partial charge in [-0.3, -0.25) is 4.68 Å². The molecule has 0 spiro atoms. The molecule has 9 nitrogen and oxygen atoms in total. The number of alkyl carbamates (subject to hydrolysis) is 1. The van der Waals surface area contributed by atoms with Crippen LogP contribution < -0.4 is 14.8 Å². The average molecular weight is 533 g/mol. The van der Waals surface area contributed by atoms with Gasteiger partial charge in [-0.25, -0.2) is 9.78 Å². The summed E-state index contributed by atoms with van der Waals surface area (Å²) < 4.78 is 25.4. The summed E-state index contributed by atoms with van der Waals surface area (Å²) in [5, 5.41) is 7.56. The number of amides is 1. The van der Waals surface area contributed by atoms with Gasteiger partial charge in [0.15, 0.2) is 5.58 Å². The van der Waals surface area contributed by atoms with Crippen molar-refractivity contribution in [2.45, 2.75) is 65.6 Å². The van der Waals surface area contributed by atoms with E-state index in [1.807, 2.05) is 87.8 Å². The molecule has 1 aliphatic carbocycles. The molecule has 0 bridgehead atoms. The van der Waals surface area contributed by atoms with Crippen molar-refractivity contribution in [1.82, 2.24) is 20.1 Å². The molecule has 4 aromatic rings. The number of carbonyl (C=O) groups excluding carboxylic acids is 1. The summed E-state index contributed by atoms with van der Waals surface area (Å²) in [5.41, 5.74) is 3.44. The molecule has 0 saturated heterocycles. The third kappa shape index (κ3) is 6.90. The van der Waals surface area contributed by atoms with Gasteiger partial charge in [0.05, 0.1) is 19.2 Å². The molecule has 2 aromatic carbocycles. The van der Waals surface area contributed by atoms with Crippen molar-refractivity contribution in [1.29, 1.82) is 0 Å². The Kier molecular flexibility index (Phi) is 7.50. The first-order valence-corrected chi connectivity index (χ1v) is 13.4. The number of benzene rings is 2. The summed E-state index contributed by atoms with van der Waals surface area (Å²) in [6.45, 7) is 10.7. The molecule has 0 radical (unpaired) electrons. The van der Waals surface area contributed by atoms with Crippen molar-refractivity contribution in [2.24, 2.45) is 5.92 Å². The zero-order valence-electron chi connectivity index (χ0n) is 23.2. The standard InChI is InChI=1S/C30H36N4O5/c1-19(31-29(35)39-30(3,4)5)17-37-27-20(2)26(34(33-27)16-21-9-7-6-8-10-21)28-32-24-14-13-23(15-25(24)38-28)36-18-22-11-12-22/h6-10,13-15,19,22H,11-12,16-18H2,1-5H3,(H,31,35)/t19-/m0/s1. The number of hydrogen-bond acceptors (Lipinski definition) is 7. The Bertz CT molecular complexity index is 1430. The van der Waals surface area contributed by atoms with Crippen LogP contribution in [0.4, 0.5) is 4.79 Å². The van der Waals surface area contributed by atoms with Crippen LogP contribution in [-0.2, 0) is 11.3 Å². The molecule has 1 N–H and O–H groups in total. The Morgan fingerprint density at radius 2 is 1.92 bits per heavy atom. The van der Waals surface area contributed by atoms with Gasteiger partial charge in [0.25, 0.3) is 0 Å². The van der Waals surface area contributed by atoms with Crippen LogP contribution in [0, 0.1) is 12.8 Å². The van der Waals surface area contributed by atoms with E-state index < -0.39 is 11.7 Å². The molecular formula is C30H36N4O5. The number of ether oxygens (including phenoxy) is 3. The molecule has 206 valence electrons. The van der Waals surface area contributed by atoms with Crippen molar-refractivity contribution < 1.29 is 23.4 Å². The third-order valence-corrected chi connectivity index (χ3v) is 6.30. The Hall–Kier alpha value is -4.01. The number of hydrogen-bond donors (Lipinski definition) is 1. The summed E-state index contributed by atoms with van der Waals surface area (Å²) in [4.78, 5) is 16.9. The van der Waals surface area contributed by atoms with Crippen LogP contribution in [0.2, 0.25) is 0 Å². The lowest BCUT2D eigenvalue weighted by Crippen LogP contribution is -2.40. The Balaban J connectivity index is 1.38. The zero-order chi connectivity index (χ0) is 27.6. The minimum atomic E-state index is -0.573. The van der Waals surface area contributed by atoms with E-state index in [1.165, 1.54) is 12.8 Å². The number of rotatable bonds is 10. The Labute approximate surface area is 228 Å². The van der Waals surface area contributed by atoms with Crippen LogP contribution in [-0.4, -0.2) is 45.7 Å². The zero-order valence-corrected chi connectivity index (χ0v) is 23.2. The number of nitrogens with one attached hydrogen (secondary N) is 1. The Morgan fingerprint density at radius 1 is 1.15 bits per heavy atom. The van der Waals surface area contributed by atoms with E-state index in [9.17, 15) is 4.79 Å². The molecule has 2 aromatic heterocycles. The van der Waals surface area contributed by atoms with Gasteiger partial charge in [-0.1, -0.05) is 30.3 Å². The smallest absolute Gasteiger partial charge is 0.407 e. The number of carbonyl (C=O) groups is 1. The van der Waals surface area contributed by atoms with Gasteiger partial charge in [0, 0.05) is 11.6 Å². The summed E-state index contributed by atoms with van der Waals surface area (Å²) in [7, 11) is 0. The van der Waals surface area contributed by atoms with E-state index in [0.29, 0.717) is 29.8 Å². The predicted molar refractivity (Wildman–Crippen MR) is 148 cm³/mol. The lowest BCUT2D eigenvalue weighted by Gasteiger charge is -2.21. The molecule has 1 fully saturated rings. The van der Waals surface area contributed by atoms with Crippen LogP contribution in [0.3, 0.4) is 0 Å². The third-order valence-electron chi connectivity index (χ3n) is 6.30. The maximum absolute atomic E-state index is 12.1. The molecular weight excluding hydrogens is 496 g/mol. The topological polar surface area (TPSA) is 101 Å². The molecule has 1 aliphatic rings. The molecule has 39 heavy (non-hydrogen) atoms. The van der Waals surface area contributed by atoms with Gasteiger partial charge in [-0.2, -0.15) is 0 Å². The highest BCUT2D eigenvalue weighted by atomic mass is 16.6. The molecule has 9 heteroatoms. The maximum Gasteiger partial charge on any atom is 0.407 e. The van der Waals surface area contributed by atoms with E-state index in [2.05, 4.69) is 5.32 Å². The normalized spacial score (nSPS) is 14.3. The second-order valence-corrected chi connectivity index (χ2v) is 11.2. The minimum Gasteiger partial charge on any atom is -0.493 e. The molecule has 2 heterocycles. The molecule has 1 amide bonds. The summed E-state index contributed by atoms with van der Waals surface area (Å²) >= 11 is 0. The number of aromatic nitrogens is 3. The molecule has 1 saturated carbocycles. The summed E-state index contributed by atoms with van der Waals surface area (Å²) in [6.07, 6.45) is 1.98. The van der Waals surface area contributed by atoms with Crippen molar-refractivity contribution >= 4 is 17.2 Å². The first-order chi connectivity index (χ1) is 18.6. The summed E-state index contributed by atoms with van der Waals surface area (Å²) in [5.74, 6) is 2.36. The second-order valence-electron chi connectivity index (χ2n) is 11.2. The SMILES string of the molecule is Cc1c(OC[C@H](C)NC(=O)OC(C)(C)C)nn(Cc2ccccc2)c1-c1nc2ccc(OCC3CC3)cc2o1. The average Bonchev–Trinajstić information content (AvgIpc) is 3.53. The molecule has 1 atom stereocenters. The van der Waals surface area contributed by atoms with Crippen LogP contribution in [0.25, 0.3) is 22.7 Å². The van der Waals surface area contributed by atoms with E-state index in [4.69, 9.17) is 28.7 Å². The first-order valence-electron chi connectivity index (χ1n) is 13.4. The van der Waals surface area contributed by atoms with Crippen molar-refractivity contribution in [2.75, 3.05) is 13.2 Å². The van der Waals surface area contributed by atoms with E-state index in [-0.39, 0.29) is 12.6 Å². The quantitative estimate of drug-likeness (QED) is 0.262. The van der Waals surface area contributed by atoms with Crippen LogP contribution in [0.15, 0.2) is 52.9 Å². The molecule has 5 rings (SSSR count). The highest BCUT2D eigenvalue weighted by Gasteiger charge is 2.25. The predicted octanol–water partition coefficient (Wildman–Crippen LogP) is 6.13. The van der Waals surface area contributed by atoms with E-state index in [1.54, 1.807) is 0 Å². The lowest BCUT2D eigenvalue weighted by molar-refractivity contribution is 0.0493. The Morgan fingerprint density at radius 3 is 2.64 bits per heavy atom. The van der Waals surface area contributed by atoms with Crippen molar-refractivity contribution in [3.63, 3.8) is 0 Å². The number of oxazole rings is 1. The highest BCUT2D eigenvalue weighted by molar-refractivity contribution is 5.78. The van der Waals surface area contributed by atoms with E-state index >= 15 is 0 Å². The fourth-order valence-corrected chi connectivity index (χ4v) is 4.16. The monoisotopic (exact) mass is 532 g/mol. The fraction of sp³-hybridized carbons (Fsp3) is 0.433. The van der Waals surface area contributed by atoms with Gasteiger partial charge in [0.1, 0.15) is 29.2 Å². The lowest BCUT2D eigenvalue weighted by atomic mass is 10.2. The molecule has 0 unspecified atom stereocenters. The van der Waals surface area contributed by atoms with Crippen LogP contribution in [0.5, 0.6) is 11.6 Å². The van der Waals surface area contributed by atoms with Gasteiger partial charge in [0.2, 0.25) is 11.8 Å².